The third-order valence-electron chi connectivity index (χ3n) is 5.94. The molecular weight excluding hydrogens is 394 g/mol. The van der Waals surface area contributed by atoms with Gasteiger partial charge in [-0.1, -0.05) is 23.4 Å². The molecule has 0 aliphatic carbocycles. The van der Waals surface area contributed by atoms with Crippen LogP contribution in [0.2, 0.25) is 0 Å². The molecule has 0 N–H and O–H groups in total. The highest BCUT2D eigenvalue weighted by atomic mass is 16.5. The zero-order chi connectivity index (χ0) is 21.8. The molecule has 1 saturated heterocycles. The summed E-state index contributed by atoms with van der Waals surface area (Å²) in [6, 6.07) is 14.9. The number of likely N-dealkylation sites (tertiary alicyclic amines) is 1. The molecule has 1 aromatic heterocycles. The first-order valence-corrected chi connectivity index (χ1v) is 10.5. The highest BCUT2D eigenvalue weighted by molar-refractivity contribution is 5.94. The van der Waals surface area contributed by atoms with Crippen LogP contribution in [-0.2, 0) is 11.3 Å². The molecule has 1 fully saturated rings. The second-order valence-electron chi connectivity index (χ2n) is 7.85. The number of nitrogens with zero attached hydrogens (tertiary/aromatic N) is 5. The smallest absolute Gasteiger partial charge is 0.253 e. The third kappa shape index (κ3) is 4.52. The summed E-state index contributed by atoms with van der Waals surface area (Å²) in [4.78, 5) is 29.5. The van der Waals surface area contributed by atoms with Crippen LogP contribution in [0, 0.1) is 0 Å². The molecule has 1 aliphatic heterocycles. The Kier molecular flexibility index (Phi) is 6.16. The lowest BCUT2D eigenvalue weighted by Gasteiger charge is -2.27. The van der Waals surface area contributed by atoms with Crippen LogP contribution in [-0.4, -0.2) is 69.9 Å². The van der Waals surface area contributed by atoms with Crippen LogP contribution in [0.25, 0.3) is 11.0 Å². The van der Waals surface area contributed by atoms with Gasteiger partial charge in [0.05, 0.1) is 12.6 Å². The lowest BCUT2D eigenvalue weighted by Crippen LogP contribution is -2.39. The number of aromatic nitrogens is 3. The van der Waals surface area contributed by atoms with Crippen molar-refractivity contribution < 1.29 is 14.3 Å². The number of benzene rings is 2. The number of rotatable bonds is 5. The molecule has 2 heterocycles. The van der Waals surface area contributed by atoms with E-state index < -0.39 is 0 Å². The van der Waals surface area contributed by atoms with Gasteiger partial charge in [-0.3, -0.25) is 9.59 Å². The molecule has 0 spiro atoms. The minimum absolute atomic E-state index is 0.0260. The van der Waals surface area contributed by atoms with E-state index >= 15 is 0 Å². The van der Waals surface area contributed by atoms with Crippen molar-refractivity contribution in [1.82, 2.24) is 24.8 Å². The van der Waals surface area contributed by atoms with E-state index in [-0.39, 0.29) is 24.4 Å². The zero-order valence-electron chi connectivity index (χ0n) is 17.9. The van der Waals surface area contributed by atoms with Gasteiger partial charge in [-0.05, 0) is 49.6 Å². The zero-order valence-corrected chi connectivity index (χ0v) is 17.9. The summed E-state index contributed by atoms with van der Waals surface area (Å²) >= 11 is 0. The fraction of sp³-hybridized carbons (Fsp3) is 0.391. The Morgan fingerprint density at radius 2 is 1.97 bits per heavy atom. The van der Waals surface area contributed by atoms with Crippen molar-refractivity contribution in [3.05, 3.63) is 54.1 Å². The quantitative estimate of drug-likeness (QED) is 0.633. The van der Waals surface area contributed by atoms with Gasteiger partial charge in [-0.2, -0.15) is 0 Å². The van der Waals surface area contributed by atoms with Gasteiger partial charge < -0.3 is 14.5 Å². The maximum Gasteiger partial charge on any atom is 0.253 e. The molecule has 1 aliphatic rings. The molecule has 31 heavy (non-hydrogen) atoms. The SMILES string of the molecule is COc1cccc(C(=O)N(C)[C@H]2CCCN(C(=O)Cn3nnc4ccccc43)CC2)c1. The Morgan fingerprint density at radius 1 is 1.13 bits per heavy atom. The number of ether oxygens (including phenoxy) is 1. The van der Waals surface area contributed by atoms with Crippen molar-refractivity contribution >= 4 is 22.8 Å². The van der Waals surface area contributed by atoms with E-state index in [2.05, 4.69) is 10.3 Å². The Morgan fingerprint density at radius 3 is 2.81 bits per heavy atom. The van der Waals surface area contributed by atoms with Gasteiger partial charge in [0.15, 0.2) is 0 Å². The third-order valence-corrected chi connectivity index (χ3v) is 5.94. The molecule has 8 nitrogen and oxygen atoms in total. The van der Waals surface area contributed by atoms with Gasteiger partial charge in [0.1, 0.15) is 17.8 Å². The molecule has 0 saturated carbocycles. The van der Waals surface area contributed by atoms with Crippen molar-refractivity contribution in [1.29, 1.82) is 0 Å². The van der Waals surface area contributed by atoms with Crippen LogP contribution in [0.5, 0.6) is 5.75 Å². The van der Waals surface area contributed by atoms with E-state index in [0.29, 0.717) is 24.4 Å². The number of para-hydroxylation sites is 1. The van der Waals surface area contributed by atoms with Crippen molar-refractivity contribution in [2.75, 3.05) is 27.2 Å². The average Bonchev–Trinajstić information content (AvgIpc) is 3.04. The van der Waals surface area contributed by atoms with Crippen LogP contribution in [0.3, 0.4) is 0 Å². The monoisotopic (exact) mass is 421 g/mol. The van der Waals surface area contributed by atoms with E-state index in [1.54, 1.807) is 28.8 Å². The molecule has 0 bridgehead atoms. The van der Waals surface area contributed by atoms with Gasteiger partial charge in [-0.25, -0.2) is 4.68 Å². The second-order valence-corrected chi connectivity index (χ2v) is 7.85. The average molecular weight is 422 g/mol. The van der Waals surface area contributed by atoms with Gasteiger partial charge in [0, 0.05) is 31.7 Å². The van der Waals surface area contributed by atoms with Crippen molar-refractivity contribution in [3.8, 4) is 5.75 Å². The van der Waals surface area contributed by atoms with E-state index in [1.165, 1.54) is 0 Å². The summed E-state index contributed by atoms with van der Waals surface area (Å²) in [5, 5.41) is 8.24. The number of methoxy groups -OCH3 is 1. The van der Waals surface area contributed by atoms with Crippen molar-refractivity contribution in [3.63, 3.8) is 0 Å². The van der Waals surface area contributed by atoms with E-state index in [9.17, 15) is 9.59 Å². The van der Waals surface area contributed by atoms with Crippen LogP contribution in [0.1, 0.15) is 29.6 Å². The standard InChI is InChI=1S/C23H27N5O3/c1-26(23(30)17-7-5-9-19(15-17)31-2)18-8-6-13-27(14-12-18)22(29)16-28-21-11-4-3-10-20(21)24-25-28/h3-5,7,9-11,15,18H,6,8,12-14,16H2,1-2H3/t18-/m0/s1. The van der Waals surface area contributed by atoms with Crippen LogP contribution in [0.15, 0.2) is 48.5 Å². The second kappa shape index (κ2) is 9.16. The fourth-order valence-electron chi connectivity index (χ4n) is 4.10. The topological polar surface area (TPSA) is 80.6 Å². The first-order valence-electron chi connectivity index (χ1n) is 10.5. The van der Waals surface area contributed by atoms with Crippen molar-refractivity contribution in [2.45, 2.75) is 31.8 Å². The van der Waals surface area contributed by atoms with Crippen LogP contribution in [0.4, 0.5) is 0 Å². The Hall–Kier alpha value is -3.42. The number of amides is 2. The molecule has 8 heteroatoms. The number of carbonyl (C=O) groups excluding carboxylic acids is 2. The van der Waals surface area contributed by atoms with Gasteiger partial charge in [-0.15, -0.1) is 5.10 Å². The van der Waals surface area contributed by atoms with Gasteiger partial charge in [0.25, 0.3) is 5.91 Å². The maximum absolute atomic E-state index is 12.9. The Bertz CT molecular complexity index is 1080. The predicted octanol–water partition coefficient (Wildman–Crippen LogP) is 2.59. The molecule has 2 amide bonds. The fourth-order valence-corrected chi connectivity index (χ4v) is 4.10. The molecule has 2 aromatic carbocycles. The molecule has 0 unspecified atom stereocenters. The number of fused-ring (bicyclic) bond motifs is 1. The Balaban J connectivity index is 1.38. The largest absolute Gasteiger partial charge is 0.497 e. The maximum atomic E-state index is 12.9. The minimum Gasteiger partial charge on any atom is -0.497 e. The summed E-state index contributed by atoms with van der Waals surface area (Å²) in [7, 11) is 3.43. The summed E-state index contributed by atoms with van der Waals surface area (Å²) in [5.41, 5.74) is 2.24. The van der Waals surface area contributed by atoms with E-state index in [0.717, 1.165) is 30.3 Å². The summed E-state index contributed by atoms with van der Waals surface area (Å²) in [6.45, 7) is 1.47. The first-order chi connectivity index (χ1) is 15.1. The molecule has 3 aromatic rings. The summed E-state index contributed by atoms with van der Waals surface area (Å²) < 4.78 is 6.89. The molecule has 4 rings (SSSR count). The van der Waals surface area contributed by atoms with Gasteiger partial charge in [0.2, 0.25) is 5.91 Å². The van der Waals surface area contributed by atoms with E-state index in [1.807, 2.05) is 48.3 Å². The minimum atomic E-state index is -0.0299. The molecular formula is C23H27N5O3. The lowest BCUT2D eigenvalue weighted by molar-refractivity contribution is -0.131. The molecule has 0 radical (unpaired) electrons. The highest BCUT2D eigenvalue weighted by Gasteiger charge is 2.26. The highest BCUT2D eigenvalue weighted by Crippen LogP contribution is 2.20. The molecule has 1 atom stereocenters. The summed E-state index contributed by atoms with van der Waals surface area (Å²) in [5.74, 6) is 0.661. The molecule has 162 valence electrons. The van der Waals surface area contributed by atoms with Crippen molar-refractivity contribution in [2.24, 2.45) is 0 Å². The number of hydrogen-bond donors (Lipinski definition) is 0. The first kappa shape index (κ1) is 20.8. The number of carbonyl (C=O) groups is 2. The lowest BCUT2D eigenvalue weighted by atomic mass is 10.1. The Labute approximate surface area is 181 Å². The van der Waals surface area contributed by atoms with Gasteiger partial charge >= 0.3 is 0 Å². The van der Waals surface area contributed by atoms with Crippen LogP contribution < -0.4 is 4.74 Å². The normalized spacial score (nSPS) is 16.7. The predicted molar refractivity (Wildman–Crippen MR) is 117 cm³/mol. The number of hydrogen-bond acceptors (Lipinski definition) is 5. The van der Waals surface area contributed by atoms with Crippen LogP contribution >= 0.6 is 0 Å². The van der Waals surface area contributed by atoms with E-state index in [4.69, 9.17) is 4.74 Å². The summed E-state index contributed by atoms with van der Waals surface area (Å²) in [6.07, 6.45) is 2.46.